The molecule has 0 spiro atoms. The summed E-state index contributed by atoms with van der Waals surface area (Å²) in [4.78, 5) is 24.4. The zero-order chi connectivity index (χ0) is 39.4. The maximum atomic E-state index is 12.4. The van der Waals surface area contributed by atoms with Gasteiger partial charge in [-0.2, -0.15) is 0 Å². The van der Waals surface area contributed by atoms with E-state index in [2.05, 4.69) is 43.5 Å². The summed E-state index contributed by atoms with van der Waals surface area (Å²) in [6.07, 6.45) is 51.3. The second kappa shape index (κ2) is 43.8. The van der Waals surface area contributed by atoms with Crippen molar-refractivity contribution in [1.29, 1.82) is 0 Å². The van der Waals surface area contributed by atoms with Crippen molar-refractivity contribution in [1.82, 2.24) is 5.32 Å². The number of unbranched alkanes of at least 4 members (excludes halogenated alkanes) is 27. The number of nitrogens with one attached hydrogen (secondary N) is 1. The zero-order valence-corrected chi connectivity index (χ0v) is 35.7. The average molecular weight is 760 g/mol. The molecule has 0 saturated heterocycles. The van der Waals surface area contributed by atoms with Crippen LogP contribution in [0.2, 0.25) is 0 Å². The van der Waals surface area contributed by atoms with Crippen LogP contribution in [0.3, 0.4) is 0 Å². The second-order valence-electron chi connectivity index (χ2n) is 15.7. The van der Waals surface area contributed by atoms with E-state index in [1.54, 1.807) is 6.08 Å². The van der Waals surface area contributed by atoms with Crippen molar-refractivity contribution in [2.24, 2.45) is 0 Å². The molecule has 54 heavy (non-hydrogen) atoms. The molecule has 6 nitrogen and oxygen atoms in total. The van der Waals surface area contributed by atoms with Crippen molar-refractivity contribution in [3.05, 3.63) is 36.5 Å². The fourth-order valence-electron chi connectivity index (χ4n) is 6.78. The van der Waals surface area contributed by atoms with Gasteiger partial charge in [0.05, 0.1) is 25.4 Å². The number of rotatable bonds is 42. The monoisotopic (exact) mass is 760 g/mol. The van der Waals surface area contributed by atoms with Crippen LogP contribution in [0.1, 0.15) is 232 Å². The predicted molar refractivity (Wildman–Crippen MR) is 232 cm³/mol. The normalized spacial score (nSPS) is 13.0. The molecule has 0 aliphatic carbocycles. The number of aliphatic hydroxyl groups excluding tert-OH is 2. The van der Waals surface area contributed by atoms with Crippen LogP contribution < -0.4 is 5.32 Å². The van der Waals surface area contributed by atoms with E-state index in [9.17, 15) is 19.8 Å². The van der Waals surface area contributed by atoms with E-state index >= 15 is 0 Å². The highest BCUT2D eigenvalue weighted by Crippen LogP contribution is 2.14. The summed E-state index contributed by atoms with van der Waals surface area (Å²) in [6.45, 7) is 4.80. The van der Waals surface area contributed by atoms with E-state index in [-0.39, 0.29) is 18.5 Å². The molecular formula is C48H89NO5. The van der Waals surface area contributed by atoms with Crippen LogP contribution >= 0.6 is 0 Å². The van der Waals surface area contributed by atoms with Gasteiger partial charge in [0.2, 0.25) is 5.91 Å². The third-order valence-electron chi connectivity index (χ3n) is 10.4. The first-order valence-corrected chi connectivity index (χ1v) is 23.3. The molecule has 316 valence electrons. The minimum absolute atomic E-state index is 0.0261. The molecule has 0 aromatic rings. The summed E-state index contributed by atoms with van der Waals surface area (Å²) in [5.41, 5.74) is 0. The minimum atomic E-state index is -0.853. The maximum absolute atomic E-state index is 12.4. The third-order valence-corrected chi connectivity index (χ3v) is 10.4. The van der Waals surface area contributed by atoms with Crippen LogP contribution in [0.5, 0.6) is 0 Å². The van der Waals surface area contributed by atoms with Crippen molar-refractivity contribution in [2.45, 2.75) is 244 Å². The van der Waals surface area contributed by atoms with Crippen molar-refractivity contribution in [2.75, 3.05) is 13.2 Å². The summed E-state index contributed by atoms with van der Waals surface area (Å²) in [6, 6.07) is -0.638. The Hall–Kier alpha value is -1.92. The molecule has 0 aliphatic rings. The van der Waals surface area contributed by atoms with E-state index in [1.165, 1.54) is 135 Å². The van der Waals surface area contributed by atoms with Crippen LogP contribution in [0.15, 0.2) is 36.5 Å². The van der Waals surface area contributed by atoms with Crippen LogP contribution in [0, 0.1) is 0 Å². The van der Waals surface area contributed by atoms with E-state index in [1.807, 2.05) is 6.08 Å². The van der Waals surface area contributed by atoms with Gasteiger partial charge in [-0.25, -0.2) is 0 Å². The van der Waals surface area contributed by atoms with Gasteiger partial charge in [-0.05, 0) is 64.2 Å². The first kappa shape index (κ1) is 52.1. The fraction of sp³-hybridized carbons (Fsp3) is 0.833. The molecule has 3 N–H and O–H groups in total. The molecule has 0 aromatic heterocycles. The van der Waals surface area contributed by atoms with E-state index in [0.717, 1.165) is 70.6 Å². The highest BCUT2D eigenvalue weighted by Gasteiger charge is 2.18. The Morgan fingerprint density at radius 1 is 0.519 bits per heavy atom. The number of hydrogen-bond donors (Lipinski definition) is 3. The Morgan fingerprint density at radius 2 is 0.926 bits per heavy atom. The second-order valence-corrected chi connectivity index (χ2v) is 15.7. The molecule has 6 heteroatoms. The SMILES string of the molecule is CCCCC/C=C\C/C=C\CCCCCCCC(=O)OCCCCCCCCCCCCCCC(=O)NC(CO)C(O)/C=C/CCCCCCCCCC. The van der Waals surface area contributed by atoms with Crippen molar-refractivity contribution < 1.29 is 24.5 Å². The Kier molecular flexibility index (Phi) is 42.2. The number of hydrogen-bond acceptors (Lipinski definition) is 5. The van der Waals surface area contributed by atoms with Crippen LogP contribution in [-0.4, -0.2) is 47.4 Å². The molecule has 0 saturated carbocycles. The van der Waals surface area contributed by atoms with Gasteiger partial charge in [0.1, 0.15) is 0 Å². The number of amides is 1. The van der Waals surface area contributed by atoms with E-state index in [4.69, 9.17) is 4.74 Å². The van der Waals surface area contributed by atoms with Gasteiger partial charge >= 0.3 is 5.97 Å². The number of carbonyl (C=O) groups excluding carboxylic acids is 2. The largest absolute Gasteiger partial charge is 0.466 e. The predicted octanol–water partition coefficient (Wildman–Crippen LogP) is 13.3. The van der Waals surface area contributed by atoms with Crippen molar-refractivity contribution in [3.8, 4) is 0 Å². The van der Waals surface area contributed by atoms with Crippen LogP contribution in [-0.2, 0) is 14.3 Å². The lowest BCUT2D eigenvalue weighted by molar-refractivity contribution is -0.143. The lowest BCUT2D eigenvalue weighted by Gasteiger charge is -2.20. The Balaban J connectivity index is 3.50. The number of carbonyl (C=O) groups is 2. The topological polar surface area (TPSA) is 95.9 Å². The molecular weight excluding hydrogens is 671 g/mol. The van der Waals surface area contributed by atoms with Crippen molar-refractivity contribution >= 4 is 11.9 Å². The summed E-state index contributed by atoms with van der Waals surface area (Å²) in [7, 11) is 0. The zero-order valence-electron chi connectivity index (χ0n) is 35.7. The molecule has 2 unspecified atom stereocenters. The lowest BCUT2D eigenvalue weighted by Crippen LogP contribution is -2.45. The van der Waals surface area contributed by atoms with Gasteiger partial charge in [0, 0.05) is 12.8 Å². The summed E-state index contributed by atoms with van der Waals surface area (Å²) in [5, 5.41) is 22.9. The maximum Gasteiger partial charge on any atom is 0.305 e. The molecule has 0 aromatic carbocycles. The smallest absolute Gasteiger partial charge is 0.305 e. The van der Waals surface area contributed by atoms with Crippen LogP contribution in [0.25, 0.3) is 0 Å². The first-order chi connectivity index (χ1) is 26.5. The summed E-state index contributed by atoms with van der Waals surface area (Å²) < 4.78 is 5.44. The number of ether oxygens (including phenoxy) is 1. The molecule has 0 bridgehead atoms. The Morgan fingerprint density at radius 3 is 1.44 bits per heavy atom. The molecule has 0 heterocycles. The summed E-state index contributed by atoms with van der Waals surface area (Å²) >= 11 is 0. The van der Waals surface area contributed by atoms with Gasteiger partial charge in [-0.1, -0.05) is 192 Å². The molecule has 0 radical (unpaired) electrons. The van der Waals surface area contributed by atoms with E-state index < -0.39 is 12.1 Å². The lowest BCUT2D eigenvalue weighted by atomic mass is 10.0. The van der Waals surface area contributed by atoms with Crippen molar-refractivity contribution in [3.63, 3.8) is 0 Å². The van der Waals surface area contributed by atoms with Gasteiger partial charge in [-0.15, -0.1) is 0 Å². The Bertz CT molecular complexity index is 884. The number of aliphatic hydroxyl groups is 2. The first-order valence-electron chi connectivity index (χ1n) is 23.3. The standard InChI is InChI=1S/C48H89NO5/c1-3-5-7-9-11-13-15-16-17-18-22-26-30-34-38-42-48(53)54-43-39-35-31-27-23-20-19-21-25-29-33-37-41-47(52)49-45(44-50)46(51)40-36-32-28-24-14-12-10-8-6-4-2/h11,13,16-17,36,40,45-46,50-51H,3-10,12,14-15,18-35,37-39,41-44H2,1-2H3,(H,49,52)/b13-11-,17-16-,40-36+. The van der Waals surface area contributed by atoms with Crippen LogP contribution in [0.4, 0.5) is 0 Å². The number of esters is 1. The highest BCUT2D eigenvalue weighted by atomic mass is 16.5. The van der Waals surface area contributed by atoms with Gasteiger partial charge in [0.25, 0.3) is 0 Å². The molecule has 0 fully saturated rings. The quantitative estimate of drug-likeness (QED) is 0.0327. The van der Waals surface area contributed by atoms with Gasteiger partial charge < -0.3 is 20.3 Å². The molecule has 2 atom stereocenters. The highest BCUT2D eigenvalue weighted by molar-refractivity contribution is 5.76. The number of allylic oxidation sites excluding steroid dienone is 5. The molecule has 0 rings (SSSR count). The average Bonchev–Trinajstić information content (AvgIpc) is 3.17. The van der Waals surface area contributed by atoms with Gasteiger partial charge in [0.15, 0.2) is 0 Å². The van der Waals surface area contributed by atoms with E-state index in [0.29, 0.717) is 19.4 Å². The minimum Gasteiger partial charge on any atom is -0.466 e. The fourth-order valence-corrected chi connectivity index (χ4v) is 6.78. The third kappa shape index (κ3) is 39.8. The molecule has 0 aliphatic heterocycles. The Labute approximate surface area is 334 Å². The van der Waals surface area contributed by atoms with Gasteiger partial charge in [-0.3, -0.25) is 9.59 Å². The summed E-state index contributed by atoms with van der Waals surface area (Å²) in [5.74, 6) is -0.114. The molecule has 1 amide bonds.